The number of carbonyl (C=O) groups excluding carboxylic acids is 3. The van der Waals surface area contributed by atoms with Crippen molar-refractivity contribution in [1.29, 1.82) is 0 Å². The Bertz CT molecular complexity index is 600. The molecule has 1 unspecified atom stereocenters. The minimum atomic E-state index is -0.539. The van der Waals surface area contributed by atoms with Gasteiger partial charge in [-0.1, -0.05) is 6.07 Å². The number of anilines is 1. The summed E-state index contributed by atoms with van der Waals surface area (Å²) in [5.74, 6) is -1.47. The van der Waals surface area contributed by atoms with Gasteiger partial charge < -0.3 is 15.8 Å². The predicted octanol–water partition coefficient (Wildman–Crippen LogP) is 0.0159. The number of rotatable bonds is 5. The molecular formula is C14H17N3O4. The van der Waals surface area contributed by atoms with Crippen LogP contribution < -0.4 is 11.1 Å². The van der Waals surface area contributed by atoms with Crippen LogP contribution in [0.2, 0.25) is 0 Å². The first-order valence-corrected chi connectivity index (χ1v) is 6.48. The van der Waals surface area contributed by atoms with E-state index in [0.29, 0.717) is 6.61 Å². The van der Waals surface area contributed by atoms with Crippen LogP contribution in [-0.2, 0) is 9.53 Å². The van der Waals surface area contributed by atoms with Gasteiger partial charge >= 0.3 is 0 Å². The van der Waals surface area contributed by atoms with Crippen molar-refractivity contribution in [1.82, 2.24) is 10.2 Å². The molecule has 2 rings (SSSR count). The minimum Gasteiger partial charge on any atom is -0.398 e. The van der Waals surface area contributed by atoms with Gasteiger partial charge in [-0.25, -0.2) is 0 Å². The molecule has 3 amide bonds. The number of fused-ring (bicyclic) bond motifs is 1. The Hall–Kier alpha value is -2.41. The average Bonchev–Trinajstić information content (AvgIpc) is 2.65. The summed E-state index contributed by atoms with van der Waals surface area (Å²) in [7, 11) is 1.52. The van der Waals surface area contributed by atoms with Crippen LogP contribution in [0.25, 0.3) is 0 Å². The van der Waals surface area contributed by atoms with Gasteiger partial charge in [0.05, 0.1) is 17.7 Å². The van der Waals surface area contributed by atoms with Gasteiger partial charge in [0.2, 0.25) is 5.91 Å². The molecule has 0 saturated carbocycles. The second-order valence-electron chi connectivity index (χ2n) is 4.89. The summed E-state index contributed by atoms with van der Waals surface area (Å²) >= 11 is 0. The molecule has 1 aromatic carbocycles. The standard InChI is InChI=1S/C14H17N3O4/c1-8(7-21-2)16-11(18)6-17-13(19)9-4-3-5-10(15)12(9)14(17)20/h3-5,8H,6-7,15H2,1-2H3,(H,16,18). The fourth-order valence-corrected chi connectivity index (χ4v) is 2.26. The fraction of sp³-hybridized carbons (Fsp3) is 0.357. The first kappa shape index (κ1) is 15.0. The molecule has 0 spiro atoms. The van der Waals surface area contributed by atoms with E-state index in [0.717, 1.165) is 4.90 Å². The van der Waals surface area contributed by atoms with Crippen molar-refractivity contribution in [2.75, 3.05) is 26.0 Å². The van der Waals surface area contributed by atoms with Gasteiger partial charge in [-0.2, -0.15) is 0 Å². The minimum absolute atomic E-state index is 0.167. The van der Waals surface area contributed by atoms with Gasteiger partial charge in [0, 0.05) is 18.8 Å². The maximum Gasteiger partial charge on any atom is 0.264 e. The smallest absolute Gasteiger partial charge is 0.264 e. The van der Waals surface area contributed by atoms with Crippen molar-refractivity contribution in [3.05, 3.63) is 29.3 Å². The van der Waals surface area contributed by atoms with Crippen molar-refractivity contribution >= 4 is 23.4 Å². The van der Waals surface area contributed by atoms with Crippen LogP contribution in [0.15, 0.2) is 18.2 Å². The molecule has 0 saturated heterocycles. The highest BCUT2D eigenvalue weighted by Crippen LogP contribution is 2.27. The molecule has 7 heteroatoms. The number of benzene rings is 1. The summed E-state index contributed by atoms with van der Waals surface area (Å²) in [4.78, 5) is 37.1. The first-order chi connectivity index (χ1) is 9.95. The third-order valence-corrected chi connectivity index (χ3v) is 3.16. The molecule has 1 aromatic rings. The normalized spacial score (nSPS) is 15.0. The van der Waals surface area contributed by atoms with E-state index in [9.17, 15) is 14.4 Å². The van der Waals surface area contributed by atoms with Crippen molar-refractivity contribution in [3.63, 3.8) is 0 Å². The molecule has 1 aliphatic rings. The Labute approximate surface area is 122 Å². The number of nitrogens with two attached hydrogens (primary N) is 1. The monoisotopic (exact) mass is 291 g/mol. The van der Waals surface area contributed by atoms with E-state index in [1.807, 2.05) is 0 Å². The van der Waals surface area contributed by atoms with E-state index >= 15 is 0 Å². The van der Waals surface area contributed by atoms with Crippen LogP contribution in [0.4, 0.5) is 5.69 Å². The molecule has 1 atom stereocenters. The topological polar surface area (TPSA) is 102 Å². The molecule has 0 radical (unpaired) electrons. The molecule has 7 nitrogen and oxygen atoms in total. The third kappa shape index (κ3) is 2.87. The van der Waals surface area contributed by atoms with E-state index in [-0.39, 0.29) is 29.4 Å². The summed E-state index contributed by atoms with van der Waals surface area (Å²) in [6, 6.07) is 4.47. The number of methoxy groups -OCH3 is 1. The maximum absolute atomic E-state index is 12.2. The van der Waals surface area contributed by atoms with Gasteiger partial charge in [0.25, 0.3) is 11.8 Å². The zero-order valence-electron chi connectivity index (χ0n) is 11.9. The number of nitrogen functional groups attached to an aromatic ring is 1. The summed E-state index contributed by atoms with van der Waals surface area (Å²) in [6.07, 6.45) is 0. The maximum atomic E-state index is 12.2. The molecule has 1 heterocycles. The lowest BCUT2D eigenvalue weighted by Crippen LogP contribution is -2.44. The fourth-order valence-electron chi connectivity index (χ4n) is 2.26. The van der Waals surface area contributed by atoms with Crippen LogP contribution in [0.3, 0.4) is 0 Å². The summed E-state index contributed by atoms with van der Waals surface area (Å²) in [5.41, 5.74) is 6.36. The van der Waals surface area contributed by atoms with Gasteiger partial charge in [0.1, 0.15) is 6.54 Å². The lowest BCUT2D eigenvalue weighted by Gasteiger charge is -2.16. The van der Waals surface area contributed by atoms with E-state index in [1.165, 1.54) is 13.2 Å². The quantitative estimate of drug-likeness (QED) is 0.588. The molecule has 0 fully saturated rings. The number of nitrogens with zero attached hydrogens (tertiary/aromatic N) is 1. The summed E-state index contributed by atoms with van der Waals surface area (Å²) in [6.45, 7) is 1.78. The Morgan fingerprint density at radius 3 is 2.71 bits per heavy atom. The average molecular weight is 291 g/mol. The zero-order valence-corrected chi connectivity index (χ0v) is 11.9. The van der Waals surface area contributed by atoms with Crippen molar-refractivity contribution in [2.24, 2.45) is 0 Å². The van der Waals surface area contributed by atoms with Crippen LogP contribution in [0.5, 0.6) is 0 Å². The Balaban J connectivity index is 2.10. The van der Waals surface area contributed by atoms with E-state index in [4.69, 9.17) is 10.5 Å². The SMILES string of the molecule is COCC(C)NC(=O)CN1C(=O)c2cccc(N)c2C1=O. The van der Waals surface area contributed by atoms with Crippen LogP contribution >= 0.6 is 0 Å². The largest absolute Gasteiger partial charge is 0.398 e. The second-order valence-corrected chi connectivity index (χ2v) is 4.89. The Morgan fingerprint density at radius 1 is 1.38 bits per heavy atom. The highest BCUT2D eigenvalue weighted by molar-refractivity contribution is 6.24. The molecule has 112 valence electrons. The molecular weight excluding hydrogens is 274 g/mol. The number of hydrogen-bond acceptors (Lipinski definition) is 5. The Morgan fingerprint density at radius 2 is 2.10 bits per heavy atom. The third-order valence-electron chi connectivity index (χ3n) is 3.16. The number of ether oxygens (including phenoxy) is 1. The molecule has 0 aromatic heterocycles. The lowest BCUT2D eigenvalue weighted by molar-refractivity contribution is -0.122. The summed E-state index contributed by atoms with van der Waals surface area (Å²) in [5, 5.41) is 2.65. The van der Waals surface area contributed by atoms with Crippen molar-refractivity contribution in [3.8, 4) is 0 Å². The number of hydrogen-bond donors (Lipinski definition) is 2. The van der Waals surface area contributed by atoms with E-state index in [2.05, 4.69) is 5.32 Å². The van der Waals surface area contributed by atoms with E-state index in [1.54, 1.807) is 19.1 Å². The van der Waals surface area contributed by atoms with Gasteiger partial charge in [-0.15, -0.1) is 0 Å². The highest BCUT2D eigenvalue weighted by atomic mass is 16.5. The molecule has 0 bridgehead atoms. The number of carbonyl (C=O) groups is 3. The van der Waals surface area contributed by atoms with Gasteiger partial charge in [-0.3, -0.25) is 19.3 Å². The van der Waals surface area contributed by atoms with Gasteiger partial charge in [0.15, 0.2) is 0 Å². The number of imide groups is 1. The lowest BCUT2D eigenvalue weighted by atomic mass is 10.1. The zero-order chi connectivity index (χ0) is 15.6. The van der Waals surface area contributed by atoms with Crippen LogP contribution in [-0.4, -0.2) is 48.9 Å². The number of amides is 3. The predicted molar refractivity (Wildman–Crippen MR) is 75.7 cm³/mol. The Kier molecular flexibility index (Phi) is 4.23. The first-order valence-electron chi connectivity index (χ1n) is 6.48. The van der Waals surface area contributed by atoms with Crippen LogP contribution in [0.1, 0.15) is 27.6 Å². The molecule has 1 aliphatic heterocycles. The van der Waals surface area contributed by atoms with Crippen LogP contribution in [0, 0.1) is 0 Å². The van der Waals surface area contributed by atoms with E-state index < -0.39 is 17.7 Å². The van der Waals surface area contributed by atoms with Crippen molar-refractivity contribution < 1.29 is 19.1 Å². The molecule has 21 heavy (non-hydrogen) atoms. The second kappa shape index (κ2) is 5.92. The number of nitrogens with one attached hydrogen (secondary N) is 1. The highest BCUT2D eigenvalue weighted by Gasteiger charge is 2.38. The molecule has 0 aliphatic carbocycles. The summed E-state index contributed by atoms with van der Waals surface area (Å²) < 4.78 is 4.90. The molecule has 3 N–H and O–H groups in total. The van der Waals surface area contributed by atoms with Crippen molar-refractivity contribution in [2.45, 2.75) is 13.0 Å². The van der Waals surface area contributed by atoms with Gasteiger partial charge in [-0.05, 0) is 19.1 Å².